The molecule has 3 unspecified atom stereocenters. The second-order valence-corrected chi connectivity index (χ2v) is 22.2. The number of piperidine rings is 2. The summed E-state index contributed by atoms with van der Waals surface area (Å²) in [6.07, 6.45) is 9.88. The summed E-state index contributed by atoms with van der Waals surface area (Å²) in [5, 5.41) is 33.9. The number of carbonyl (C=O) groups is 2. The van der Waals surface area contributed by atoms with Gasteiger partial charge in [-0.2, -0.15) is 0 Å². The zero-order valence-corrected chi connectivity index (χ0v) is 41.9. The van der Waals surface area contributed by atoms with Crippen LogP contribution in [0.2, 0.25) is 0 Å². The quantitative estimate of drug-likeness (QED) is 0.123. The van der Waals surface area contributed by atoms with Gasteiger partial charge in [-0.25, -0.2) is 9.78 Å². The Labute approximate surface area is 416 Å². The van der Waals surface area contributed by atoms with Crippen molar-refractivity contribution in [1.82, 2.24) is 30.1 Å². The first kappa shape index (κ1) is 48.9. The number of para-hydroxylation sites is 1. The van der Waals surface area contributed by atoms with Gasteiger partial charge >= 0.3 is 5.97 Å². The molecule has 2 bridgehead atoms. The Hall–Kier alpha value is -5.72. The molecule has 5 saturated heterocycles. The van der Waals surface area contributed by atoms with Crippen LogP contribution in [0.1, 0.15) is 104 Å². The number of hydrogen-bond donors (Lipinski definition) is 3. The standard InChI is InChI=1S/C53H72N10O8/c1-32(2)49(51(66)62-31-37(64)23-44(62)52(67)70-53(3,4)5)46-27-47(58-71-46)60-20-13-33(14-21-60)28-59-18-15-38(16-19-59)68-39-24-40(25-39)69-48-22-34(12-17-55-48)63-35-10-11-36(63)30-61(29-35)43-26-42(56-57-50(43)54)41-8-6-7-9-45(41)65/h6-9,12,17,22,26-27,32-33,35-40,44,49,64-65H,10-11,13-16,18-21,23-25,28-31H2,1-5H3,(H2,54,57)/t35?,36?,37-,39?,40?,44+,49?/m1/s1. The number of anilines is 4. The maximum absolute atomic E-state index is 14.0. The number of ether oxygens (including phenoxy) is 3. The molecule has 1 amide bonds. The predicted molar refractivity (Wildman–Crippen MR) is 268 cm³/mol. The van der Waals surface area contributed by atoms with E-state index in [1.54, 1.807) is 32.9 Å². The van der Waals surface area contributed by atoms with E-state index in [9.17, 15) is 19.8 Å². The number of rotatable bonds is 14. The zero-order valence-electron chi connectivity index (χ0n) is 41.9. The van der Waals surface area contributed by atoms with Gasteiger partial charge in [0.2, 0.25) is 11.8 Å². The van der Waals surface area contributed by atoms with Gasteiger partial charge in [-0.05, 0) is 95.4 Å². The van der Waals surface area contributed by atoms with Crippen molar-refractivity contribution < 1.29 is 38.5 Å². The maximum Gasteiger partial charge on any atom is 0.329 e. The molecule has 8 heterocycles. The molecule has 6 fully saturated rings. The number of aliphatic hydroxyl groups is 1. The van der Waals surface area contributed by atoms with E-state index < -0.39 is 29.6 Å². The van der Waals surface area contributed by atoms with Crippen LogP contribution < -0.4 is 25.2 Å². The molecule has 1 saturated carbocycles. The molecular formula is C53H72N10O8. The van der Waals surface area contributed by atoms with Crippen molar-refractivity contribution in [2.45, 2.75) is 146 Å². The van der Waals surface area contributed by atoms with Gasteiger partial charge in [-0.3, -0.25) is 4.79 Å². The van der Waals surface area contributed by atoms with E-state index in [0.717, 1.165) is 114 Å². The van der Waals surface area contributed by atoms with Crippen LogP contribution in [-0.2, 0) is 19.1 Å². The highest BCUT2D eigenvalue weighted by Gasteiger charge is 2.46. The van der Waals surface area contributed by atoms with Crippen molar-refractivity contribution in [2.75, 3.05) is 72.8 Å². The van der Waals surface area contributed by atoms with Gasteiger partial charge in [0.1, 0.15) is 29.4 Å². The number of nitrogen functional groups attached to an aromatic ring is 1. The first-order chi connectivity index (χ1) is 34.1. The molecule has 5 atom stereocenters. The molecule has 0 radical (unpaired) electrons. The number of likely N-dealkylation sites (tertiary alicyclic amines) is 2. The van der Waals surface area contributed by atoms with Crippen molar-refractivity contribution in [3.05, 3.63) is 60.5 Å². The number of nitrogens with two attached hydrogens (primary N) is 1. The van der Waals surface area contributed by atoms with E-state index in [0.29, 0.717) is 46.7 Å². The van der Waals surface area contributed by atoms with Crippen LogP contribution >= 0.6 is 0 Å². The van der Waals surface area contributed by atoms with Gasteiger partial charge < -0.3 is 59.2 Å². The number of benzene rings is 1. The van der Waals surface area contributed by atoms with Crippen LogP contribution in [0.4, 0.5) is 23.0 Å². The number of piperazine rings is 1. The summed E-state index contributed by atoms with van der Waals surface area (Å²) in [6.45, 7) is 15.9. The molecule has 71 heavy (non-hydrogen) atoms. The first-order valence-electron chi connectivity index (χ1n) is 26.0. The zero-order chi connectivity index (χ0) is 49.6. The van der Waals surface area contributed by atoms with Gasteiger partial charge in [-0.1, -0.05) is 31.1 Å². The lowest BCUT2D eigenvalue weighted by atomic mass is 9.91. The summed E-state index contributed by atoms with van der Waals surface area (Å²) >= 11 is 0. The second kappa shape index (κ2) is 20.4. The smallest absolute Gasteiger partial charge is 0.329 e. The minimum absolute atomic E-state index is 0.0790. The molecule has 18 nitrogen and oxygen atoms in total. The fourth-order valence-electron chi connectivity index (χ4n) is 11.9. The lowest BCUT2D eigenvalue weighted by molar-refractivity contribution is -0.163. The number of esters is 1. The summed E-state index contributed by atoms with van der Waals surface area (Å²) in [5.74, 6) is 1.52. The third-order valence-electron chi connectivity index (χ3n) is 15.5. The Kier molecular flexibility index (Phi) is 14.1. The molecule has 3 aromatic heterocycles. The van der Waals surface area contributed by atoms with E-state index in [-0.39, 0.29) is 48.9 Å². The maximum atomic E-state index is 14.0. The minimum atomic E-state index is -0.840. The molecule has 4 aromatic rings. The van der Waals surface area contributed by atoms with E-state index >= 15 is 0 Å². The summed E-state index contributed by atoms with van der Waals surface area (Å²) in [5.41, 5.74) is 8.91. The third kappa shape index (κ3) is 10.9. The lowest BCUT2D eigenvalue weighted by Gasteiger charge is -2.43. The Balaban J connectivity index is 0.642. The van der Waals surface area contributed by atoms with Crippen LogP contribution in [0.25, 0.3) is 11.3 Å². The average molecular weight is 977 g/mol. The Bertz CT molecular complexity index is 2480. The monoisotopic (exact) mass is 977 g/mol. The van der Waals surface area contributed by atoms with Gasteiger partial charge in [0.05, 0.1) is 29.7 Å². The summed E-state index contributed by atoms with van der Waals surface area (Å²) < 4.78 is 24.5. The fourth-order valence-corrected chi connectivity index (χ4v) is 11.9. The van der Waals surface area contributed by atoms with Crippen molar-refractivity contribution in [2.24, 2.45) is 11.8 Å². The normalized spacial score (nSPS) is 26.0. The molecule has 0 spiro atoms. The number of hydrogen-bond acceptors (Lipinski definition) is 17. The average Bonchev–Trinajstić information content (AvgIpc) is 4.04. The Morgan fingerprint density at radius 2 is 1.59 bits per heavy atom. The van der Waals surface area contributed by atoms with Crippen LogP contribution in [0.15, 0.2) is 59.3 Å². The van der Waals surface area contributed by atoms with Gasteiger partial charge in [0, 0.05) is 113 Å². The number of β-amino-alcohol motifs (C(OH)–C–C–N with tert-alkyl or cyclic N) is 1. The topological polar surface area (TPSA) is 209 Å². The third-order valence-corrected chi connectivity index (χ3v) is 15.5. The molecule has 382 valence electrons. The van der Waals surface area contributed by atoms with Gasteiger partial charge in [0.15, 0.2) is 17.4 Å². The van der Waals surface area contributed by atoms with Crippen LogP contribution in [0.5, 0.6) is 11.6 Å². The Morgan fingerprint density at radius 1 is 0.859 bits per heavy atom. The number of carbonyl (C=O) groups excluding carboxylic acids is 2. The molecule has 10 rings (SSSR count). The highest BCUT2D eigenvalue weighted by molar-refractivity contribution is 5.89. The highest BCUT2D eigenvalue weighted by atomic mass is 16.6. The number of phenols is 1. The van der Waals surface area contributed by atoms with Crippen LogP contribution in [0, 0.1) is 11.8 Å². The summed E-state index contributed by atoms with van der Waals surface area (Å²) in [7, 11) is 0. The van der Waals surface area contributed by atoms with Gasteiger partial charge in [-0.15, -0.1) is 10.2 Å². The van der Waals surface area contributed by atoms with Crippen LogP contribution in [-0.4, -0.2) is 153 Å². The molecular weight excluding hydrogens is 905 g/mol. The lowest BCUT2D eigenvalue weighted by Crippen LogP contribution is -2.54. The fraction of sp³-hybridized carbons (Fsp3) is 0.623. The van der Waals surface area contributed by atoms with E-state index in [1.807, 2.05) is 44.3 Å². The molecule has 5 aliphatic heterocycles. The summed E-state index contributed by atoms with van der Waals surface area (Å²) in [6, 6.07) is 14.9. The number of aromatic nitrogens is 4. The van der Waals surface area contributed by atoms with Gasteiger partial charge in [0.25, 0.3) is 0 Å². The molecule has 1 aromatic carbocycles. The SMILES string of the molecule is CC(C)C(C(=O)N1C[C@H](O)C[C@H]1C(=O)OC(C)(C)C)c1cc(N2CCC(CN3CCC(OC4CC(Oc5cc(N6C7CCC6CN(c6cc(-c8ccccc8O)nnc6N)C7)ccn5)C4)CC3)CC2)no1. The molecule has 4 N–H and O–H groups in total. The van der Waals surface area contributed by atoms with E-state index in [4.69, 9.17) is 24.5 Å². The van der Waals surface area contributed by atoms with Crippen molar-refractivity contribution in [3.63, 3.8) is 0 Å². The first-order valence-corrected chi connectivity index (χ1v) is 26.0. The number of aliphatic hydroxyl groups excluding tert-OH is 1. The number of pyridine rings is 1. The molecule has 6 aliphatic rings. The summed E-state index contributed by atoms with van der Waals surface area (Å²) in [4.78, 5) is 42.9. The number of nitrogens with zero attached hydrogens (tertiary/aromatic N) is 9. The second-order valence-electron chi connectivity index (χ2n) is 22.2. The number of aromatic hydroxyl groups is 1. The highest BCUT2D eigenvalue weighted by Crippen LogP contribution is 2.41. The molecule has 1 aliphatic carbocycles. The van der Waals surface area contributed by atoms with Crippen LogP contribution in [0.3, 0.4) is 0 Å². The number of phenolic OH excluding ortho intramolecular Hbond substituents is 1. The molecule has 18 heteroatoms. The largest absolute Gasteiger partial charge is 0.507 e. The minimum Gasteiger partial charge on any atom is -0.507 e. The number of amides is 1. The van der Waals surface area contributed by atoms with Crippen molar-refractivity contribution in [1.29, 1.82) is 0 Å². The van der Waals surface area contributed by atoms with E-state index in [1.165, 1.54) is 4.90 Å². The van der Waals surface area contributed by atoms with Crippen molar-refractivity contribution >= 4 is 34.9 Å². The Morgan fingerprint density at radius 3 is 2.30 bits per heavy atom. The van der Waals surface area contributed by atoms with Crippen molar-refractivity contribution in [3.8, 4) is 22.9 Å². The predicted octanol–water partition coefficient (Wildman–Crippen LogP) is 6.02. The van der Waals surface area contributed by atoms with E-state index in [2.05, 4.69) is 52.1 Å². The number of fused-ring (bicyclic) bond motifs is 2.